The highest BCUT2D eigenvalue weighted by molar-refractivity contribution is 5.76. The van der Waals surface area contributed by atoms with Crippen LogP contribution in [-0.4, -0.2) is 140 Å². The molecule has 0 aromatic heterocycles. The third-order valence-corrected chi connectivity index (χ3v) is 15.8. The number of hydrogen-bond acceptors (Lipinski definition) is 13. The molecular formula is C64H119NO13. The number of ether oxygens (including phenoxy) is 4. The summed E-state index contributed by atoms with van der Waals surface area (Å²) in [5.41, 5.74) is 0. The van der Waals surface area contributed by atoms with E-state index in [2.05, 4.69) is 43.5 Å². The molecule has 78 heavy (non-hydrogen) atoms. The first-order valence-corrected chi connectivity index (χ1v) is 32.2. The molecule has 14 nitrogen and oxygen atoms in total. The van der Waals surface area contributed by atoms with Gasteiger partial charge in [0.15, 0.2) is 12.6 Å². The maximum Gasteiger partial charge on any atom is 0.220 e. The van der Waals surface area contributed by atoms with Crippen LogP contribution in [0.2, 0.25) is 0 Å². The first-order valence-electron chi connectivity index (χ1n) is 32.2. The second-order valence-corrected chi connectivity index (χ2v) is 22.9. The fourth-order valence-electron chi connectivity index (χ4n) is 10.6. The Labute approximate surface area is 474 Å². The molecule has 0 aliphatic carbocycles. The van der Waals surface area contributed by atoms with Crippen molar-refractivity contribution in [1.82, 2.24) is 5.32 Å². The monoisotopic (exact) mass is 1110 g/mol. The molecule has 0 radical (unpaired) electrons. The Balaban J connectivity index is 1.64. The number of aliphatic hydroxyl groups is 8. The minimum absolute atomic E-state index is 0.259. The van der Waals surface area contributed by atoms with Crippen LogP contribution in [0.15, 0.2) is 36.5 Å². The van der Waals surface area contributed by atoms with Gasteiger partial charge < -0.3 is 65.1 Å². The van der Waals surface area contributed by atoms with E-state index in [1.807, 2.05) is 6.08 Å². The molecule has 12 unspecified atom stereocenters. The van der Waals surface area contributed by atoms with Crippen LogP contribution < -0.4 is 5.32 Å². The van der Waals surface area contributed by atoms with Gasteiger partial charge in [-0.3, -0.25) is 4.79 Å². The summed E-state index contributed by atoms with van der Waals surface area (Å²) in [6, 6.07) is -0.935. The molecule has 2 rings (SSSR count). The Morgan fingerprint density at radius 2 is 0.833 bits per heavy atom. The minimum Gasteiger partial charge on any atom is -0.394 e. The fraction of sp³-hybridized carbons (Fsp3) is 0.891. The molecule has 1 amide bonds. The first kappa shape index (κ1) is 72.3. The normalized spacial score (nSPS) is 24.7. The number of rotatable bonds is 52. The van der Waals surface area contributed by atoms with E-state index in [-0.39, 0.29) is 18.9 Å². The van der Waals surface area contributed by atoms with Gasteiger partial charge in [0, 0.05) is 6.42 Å². The zero-order valence-electron chi connectivity index (χ0n) is 49.4. The van der Waals surface area contributed by atoms with E-state index in [1.165, 1.54) is 186 Å². The molecule has 0 aromatic carbocycles. The molecule has 9 N–H and O–H groups in total. The molecule has 0 saturated carbocycles. The Bertz CT molecular complexity index is 1450. The Morgan fingerprint density at radius 3 is 1.29 bits per heavy atom. The van der Waals surface area contributed by atoms with Gasteiger partial charge in [-0.25, -0.2) is 0 Å². The summed E-state index contributed by atoms with van der Waals surface area (Å²) < 4.78 is 22.7. The van der Waals surface area contributed by atoms with Crippen LogP contribution in [0.4, 0.5) is 0 Å². The molecule has 0 bridgehead atoms. The summed E-state index contributed by atoms with van der Waals surface area (Å²) >= 11 is 0. The van der Waals surface area contributed by atoms with Crippen LogP contribution >= 0.6 is 0 Å². The van der Waals surface area contributed by atoms with Gasteiger partial charge in [0.05, 0.1) is 32.0 Å². The van der Waals surface area contributed by atoms with E-state index in [4.69, 9.17) is 18.9 Å². The fourth-order valence-corrected chi connectivity index (χ4v) is 10.6. The summed E-state index contributed by atoms with van der Waals surface area (Å²) in [6.07, 6.45) is 45.2. The van der Waals surface area contributed by atoms with Gasteiger partial charge in [0.2, 0.25) is 5.91 Å². The van der Waals surface area contributed by atoms with Crippen molar-refractivity contribution in [3.8, 4) is 0 Å². The molecule has 2 aliphatic rings. The lowest BCUT2D eigenvalue weighted by molar-refractivity contribution is -0.359. The van der Waals surface area contributed by atoms with Crippen LogP contribution in [0.3, 0.4) is 0 Å². The second kappa shape index (κ2) is 49.8. The number of amides is 1. The molecule has 2 fully saturated rings. The summed E-state index contributed by atoms with van der Waals surface area (Å²) in [5, 5.41) is 87.0. The van der Waals surface area contributed by atoms with Crippen LogP contribution in [0, 0.1) is 0 Å². The summed E-state index contributed by atoms with van der Waals surface area (Å²) in [5.74, 6) is -0.259. The lowest BCUT2D eigenvalue weighted by Gasteiger charge is -2.46. The maximum absolute atomic E-state index is 13.2. The van der Waals surface area contributed by atoms with Gasteiger partial charge in [0.1, 0.15) is 48.8 Å². The van der Waals surface area contributed by atoms with Gasteiger partial charge in [-0.2, -0.15) is 0 Å². The minimum atomic E-state index is -1.79. The Kier molecular flexibility index (Phi) is 46.2. The van der Waals surface area contributed by atoms with Crippen molar-refractivity contribution >= 4 is 5.91 Å². The van der Waals surface area contributed by atoms with Crippen LogP contribution in [0.1, 0.15) is 271 Å². The standard InChI is InChI=1S/C64H119NO13/c1-3-5-7-9-11-13-15-16-17-18-19-20-21-22-23-24-25-26-27-28-29-30-31-32-33-34-35-36-38-39-41-43-45-47-53(68)52(65-56(69)48-46-44-42-40-37-14-12-10-8-6-4-2)51-75-63-61(74)59(72)62(55(50-67)77-63)78-64-60(73)58(71)57(70)54(49-66)76-64/h10,12,38-39,45,47,52-55,57-64,66-68,70-74H,3-9,11,13-37,40-44,46,48-51H2,1-2H3,(H,65,69)/b12-10-,39-38+,47-45+. The number of nitrogens with one attached hydrogen (secondary N) is 1. The van der Waals surface area contributed by atoms with Crippen molar-refractivity contribution in [2.24, 2.45) is 0 Å². The van der Waals surface area contributed by atoms with Crippen LogP contribution in [0.25, 0.3) is 0 Å². The first-order chi connectivity index (χ1) is 38.1. The van der Waals surface area contributed by atoms with Gasteiger partial charge in [-0.05, 0) is 51.4 Å². The highest BCUT2D eigenvalue weighted by Gasteiger charge is 2.51. The molecule has 0 aromatic rings. The van der Waals surface area contributed by atoms with E-state index in [0.717, 1.165) is 51.4 Å². The van der Waals surface area contributed by atoms with Gasteiger partial charge in [-0.15, -0.1) is 0 Å². The SMILES string of the molecule is CCCC/C=C\CCCCCCCC(=O)NC(COC1OC(CO)C(OC2OC(CO)C(O)C(O)C2O)C(O)C1O)C(O)/C=C/CC/C=C/CCCCCCCCCCCCCCCCCCCCCCCCCCCCC. The number of unbranched alkanes of at least 4 members (excludes halogenated alkanes) is 35. The molecule has 2 aliphatic heterocycles. The Hall–Kier alpha value is -1.79. The lowest BCUT2D eigenvalue weighted by atomic mass is 9.97. The predicted molar refractivity (Wildman–Crippen MR) is 314 cm³/mol. The van der Waals surface area contributed by atoms with Gasteiger partial charge >= 0.3 is 0 Å². The van der Waals surface area contributed by atoms with Crippen molar-refractivity contribution < 1.29 is 64.6 Å². The molecular weight excluding hydrogens is 991 g/mol. The van der Waals surface area contributed by atoms with Gasteiger partial charge in [0.25, 0.3) is 0 Å². The summed E-state index contributed by atoms with van der Waals surface area (Å²) in [6.45, 7) is 2.74. The molecule has 14 heteroatoms. The number of carbonyl (C=O) groups excluding carboxylic acids is 1. The quantitative estimate of drug-likeness (QED) is 0.0204. The van der Waals surface area contributed by atoms with E-state index < -0.39 is 86.8 Å². The average Bonchev–Trinajstić information content (AvgIpc) is 3.44. The van der Waals surface area contributed by atoms with Gasteiger partial charge in [-0.1, -0.05) is 249 Å². The number of allylic oxidation sites excluding steroid dienone is 5. The van der Waals surface area contributed by atoms with Crippen molar-refractivity contribution in [1.29, 1.82) is 0 Å². The summed E-state index contributed by atoms with van der Waals surface area (Å²) in [4.78, 5) is 13.2. The second-order valence-electron chi connectivity index (χ2n) is 22.9. The molecule has 458 valence electrons. The average molecular weight is 1110 g/mol. The number of hydrogen-bond donors (Lipinski definition) is 9. The highest BCUT2D eigenvalue weighted by atomic mass is 16.7. The maximum atomic E-state index is 13.2. The molecule has 0 spiro atoms. The number of carbonyl (C=O) groups is 1. The largest absolute Gasteiger partial charge is 0.394 e. The molecule has 2 heterocycles. The van der Waals surface area contributed by atoms with Crippen molar-refractivity contribution in [2.45, 2.75) is 344 Å². The lowest BCUT2D eigenvalue weighted by Crippen LogP contribution is -2.65. The third-order valence-electron chi connectivity index (χ3n) is 15.8. The zero-order valence-corrected chi connectivity index (χ0v) is 49.4. The smallest absolute Gasteiger partial charge is 0.220 e. The Morgan fingerprint density at radius 1 is 0.449 bits per heavy atom. The van der Waals surface area contributed by atoms with Crippen molar-refractivity contribution in [2.75, 3.05) is 19.8 Å². The molecule has 12 atom stereocenters. The van der Waals surface area contributed by atoms with Crippen LogP contribution in [0.5, 0.6) is 0 Å². The van der Waals surface area contributed by atoms with E-state index in [1.54, 1.807) is 6.08 Å². The predicted octanol–water partition coefficient (Wildman–Crippen LogP) is 11.8. The number of aliphatic hydroxyl groups excluding tert-OH is 8. The third kappa shape index (κ3) is 34.6. The molecule has 2 saturated heterocycles. The highest BCUT2D eigenvalue weighted by Crippen LogP contribution is 2.30. The van der Waals surface area contributed by atoms with E-state index in [9.17, 15) is 45.6 Å². The van der Waals surface area contributed by atoms with Crippen molar-refractivity contribution in [3.05, 3.63) is 36.5 Å². The topological polar surface area (TPSA) is 228 Å². The van der Waals surface area contributed by atoms with Crippen LogP contribution in [-0.2, 0) is 23.7 Å². The zero-order chi connectivity index (χ0) is 56.7. The van der Waals surface area contributed by atoms with E-state index >= 15 is 0 Å². The van der Waals surface area contributed by atoms with Crippen molar-refractivity contribution in [3.63, 3.8) is 0 Å². The van der Waals surface area contributed by atoms with E-state index in [0.29, 0.717) is 12.8 Å². The summed E-state index contributed by atoms with van der Waals surface area (Å²) in [7, 11) is 0.